The average Bonchev–Trinajstić information content (AvgIpc) is 3.54. The van der Waals surface area contributed by atoms with Crippen molar-refractivity contribution in [3.05, 3.63) is 72.2 Å². The summed E-state index contributed by atoms with van der Waals surface area (Å²) >= 11 is 0. The van der Waals surface area contributed by atoms with Crippen LogP contribution in [0.25, 0.3) is 16.6 Å². The number of nitrogens with zero attached hydrogens (tertiary/aromatic N) is 5. The summed E-state index contributed by atoms with van der Waals surface area (Å²) in [4.78, 5) is 6.91. The lowest BCUT2D eigenvalue weighted by Crippen LogP contribution is -2.27. The van der Waals surface area contributed by atoms with Crippen LogP contribution in [0.5, 0.6) is 11.5 Å². The molecule has 1 N–H and O–H groups in total. The number of ether oxygens (including phenoxy) is 2. The number of benzene rings is 1. The van der Waals surface area contributed by atoms with E-state index in [4.69, 9.17) is 20.9 Å². The molecule has 3 aromatic heterocycles. The summed E-state index contributed by atoms with van der Waals surface area (Å²) in [6.45, 7) is 5.05. The Bertz CT molecular complexity index is 1490. The van der Waals surface area contributed by atoms with E-state index >= 15 is 0 Å². The van der Waals surface area contributed by atoms with Crippen molar-refractivity contribution in [3.63, 3.8) is 0 Å². The molecule has 8 heteroatoms. The Labute approximate surface area is 215 Å². The Kier molecular flexibility index (Phi) is 6.43. The molecule has 186 valence electrons. The topological polar surface area (TPSA) is 95.9 Å². The van der Waals surface area contributed by atoms with E-state index in [0.717, 1.165) is 47.8 Å². The van der Waals surface area contributed by atoms with Gasteiger partial charge in [-0.1, -0.05) is 5.92 Å². The lowest BCUT2D eigenvalue weighted by atomic mass is 10.1. The normalized spacial score (nSPS) is 15.4. The van der Waals surface area contributed by atoms with Crippen molar-refractivity contribution in [2.75, 3.05) is 24.6 Å². The SMILES string of the molecule is C#Cc1ccc(O[C@@H]2CCN(c3ccc(-c4cc(OCC(C)(C)O)cn5ncc(C#N)c45)cn3)C2)cc1. The molecular weight excluding hydrogens is 466 g/mol. The van der Waals surface area contributed by atoms with Gasteiger partial charge in [-0.05, 0) is 56.3 Å². The van der Waals surface area contributed by atoms with Gasteiger partial charge in [-0.3, -0.25) is 0 Å². The predicted molar refractivity (Wildman–Crippen MR) is 141 cm³/mol. The first-order valence-electron chi connectivity index (χ1n) is 12.0. The molecule has 8 nitrogen and oxygen atoms in total. The van der Waals surface area contributed by atoms with Crippen LogP contribution in [0.4, 0.5) is 5.82 Å². The van der Waals surface area contributed by atoms with Crippen molar-refractivity contribution in [1.29, 1.82) is 5.26 Å². The van der Waals surface area contributed by atoms with Gasteiger partial charge < -0.3 is 19.5 Å². The molecule has 1 atom stereocenters. The van der Waals surface area contributed by atoms with E-state index in [0.29, 0.717) is 16.8 Å². The Morgan fingerprint density at radius 1 is 1.16 bits per heavy atom. The van der Waals surface area contributed by atoms with E-state index < -0.39 is 5.60 Å². The molecular formula is C29H27N5O3. The van der Waals surface area contributed by atoms with E-state index in [2.05, 4.69) is 22.0 Å². The number of aromatic nitrogens is 3. The minimum absolute atomic E-state index is 0.0624. The van der Waals surface area contributed by atoms with Crippen molar-refractivity contribution in [1.82, 2.24) is 14.6 Å². The van der Waals surface area contributed by atoms with Crippen LogP contribution in [-0.4, -0.2) is 51.1 Å². The van der Waals surface area contributed by atoms with Crippen LogP contribution in [0, 0.1) is 23.7 Å². The molecule has 5 rings (SSSR count). The van der Waals surface area contributed by atoms with Gasteiger partial charge in [-0.25, -0.2) is 9.50 Å². The highest BCUT2D eigenvalue weighted by Gasteiger charge is 2.25. The highest BCUT2D eigenvalue weighted by atomic mass is 16.5. The monoisotopic (exact) mass is 493 g/mol. The number of fused-ring (bicyclic) bond motifs is 1. The van der Waals surface area contributed by atoms with Gasteiger partial charge in [0.15, 0.2) is 0 Å². The number of hydrogen-bond donors (Lipinski definition) is 1. The fourth-order valence-corrected chi connectivity index (χ4v) is 4.32. The second-order valence-corrected chi connectivity index (χ2v) is 9.70. The van der Waals surface area contributed by atoms with Crippen molar-refractivity contribution in [2.24, 2.45) is 0 Å². The Balaban J connectivity index is 1.35. The van der Waals surface area contributed by atoms with Crippen LogP contribution in [0.2, 0.25) is 0 Å². The second-order valence-electron chi connectivity index (χ2n) is 9.70. The van der Waals surface area contributed by atoms with E-state index in [-0.39, 0.29) is 12.7 Å². The molecule has 0 saturated carbocycles. The number of terminal acetylenes is 1. The molecule has 1 fully saturated rings. The molecule has 1 saturated heterocycles. The summed E-state index contributed by atoms with van der Waals surface area (Å²) in [5.74, 6) is 4.81. The molecule has 1 aromatic carbocycles. The van der Waals surface area contributed by atoms with Crippen molar-refractivity contribution in [3.8, 4) is 41.0 Å². The van der Waals surface area contributed by atoms with Gasteiger partial charge in [-0.15, -0.1) is 6.42 Å². The Morgan fingerprint density at radius 2 is 1.97 bits per heavy atom. The fourth-order valence-electron chi connectivity index (χ4n) is 4.32. The van der Waals surface area contributed by atoms with Gasteiger partial charge in [-0.2, -0.15) is 10.4 Å². The molecule has 4 heterocycles. The van der Waals surface area contributed by atoms with Gasteiger partial charge in [0.2, 0.25) is 0 Å². The molecule has 0 aliphatic carbocycles. The number of rotatable bonds is 7. The number of nitriles is 1. The smallest absolute Gasteiger partial charge is 0.138 e. The van der Waals surface area contributed by atoms with Crippen LogP contribution in [0.3, 0.4) is 0 Å². The first-order chi connectivity index (χ1) is 17.8. The second kappa shape index (κ2) is 9.85. The van der Waals surface area contributed by atoms with E-state index in [9.17, 15) is 10.4 Å². The largest absolute Gasteiger partial charge is 0.489 e. The maximum Gasteiger partial charge on any atom is 0.138 e. The van der Waals surface area contributed by atoms with Gasteiger partial charge in [0.1, 0.15) is 36.1 Å². The first-order valence-corrected chi connectivity index (χ1v) is 12.0. The maximum atomic E-state index is 10.1. The number of aliphatic hydroxyl groups is 1. The van der Waals surface area contributed by atoms with Crippen molar-refractivity contribution >= 4 is 11.3 Å². The molecule has 0 unspecified atom stereocenters. The van der Waals surface area contributed by atoms with Crippen molar-refractivity contribution in [2.45, 2.75) is 32.0 Å². The minimum atomic E-state index is -0.983. The van der Waals surface area contributed by atoms with Gasteiger partial charge in [0, 0.05) is 35.9 Å². The standard InChI is InChI=1S/C29H27N5O3/c1-4-20-5-8-23(9-6-20)37-24-11-12-33(17-24)27-10-7-21(15-31-27)26-13-25(36-19-29(2,3)35)18-34-28(26)22(14-30)16-32-34/h1,5-10,13,15-16,18,24,35H,11-12,17,19H2,2-3H3/t24-/m1/s1. The maximum absolute atomic E-state index is 10.1. The van der Waals surface area contributed by atoms with E-state index in [1.807, 2.05) is 42.5 Å². The zero-order valence-corrected chi connectivity index (χ0v) is 20.8. The summed E-state index contributed by atoms with van der Waals surface area (Å²) in [6, 6.07) is 15.6. The lowest BCUT2D eigenvalue weighted by Gasteiger charge is -2.19. The third kappa shape index (κ3) is 5.35. The van der Waals surface area contributed by atoms with Gasteiger partial charge in [0.05, 0.1) is 35.6 Å². The Hall–Kier alpha value is -4.53. The van der Waals surface area contributed by atoms with Crippen molar-refractivity contribution < 1.29 is 14.6 Å². The molecule has 4 aromatic rings. The zero-order valence-electron chi connectivity index (χ0n) is 20.8. The van der Waals surface area contributed by atoms with Gasteiger partial charge in [0.25, 0.3) is 0 Å². The van der Waals surface area contributed by atoms with E-state index in [1.165, 1.54) is 6.20 Å². The molecule has 0 spiro atoms. The summed E-state index contributed by atoms with van der Waals surface area (Å²) in [5, 5.41) is 24.0. The quantitative estimate of drug-likeness (QED) is 0.388. The van der Waals surface area contributed by atoms with Crippen LogP contribution < -0.4 is 14.4 Å². The predicted octanol–water partition coefficient (Wildman–Crippen LogP) is 4.06. The van der Waals surface area contributed by atoms with E-state index in [1.54, 1.807) is 30.8 Å². The lowest BCUT2D eigenvalue weighted by molar-refractivity contribution is 0.0283. The number of anilines is 1. The highest BCUT2D eigenvalue weighted by Crippen LogP contribution is 2.32. The molecule has 1 aliphatic rings. The third-order valence-corrected chi connectivity index (χ3v) is 6.15. The van der Waals surface area contributed by atoms with Crippen LogP contribution in [0.1, 0.15) is 31.4 Å². The Morgan fingerprint density at radius 3 is 2.65 bits per heavy atom. The molecule has 37 heavy (non-hydrogen) atoms. The molecule has 0 radical (unpaired) electrons. The minimum Gasteiger partial charge on any atom is -0.489 e. The summed E-state index contributed by atoms with van der Waals surface area (Å²) < 4.78 is 13.6. The van der Waals surface area contributed by atoms with Crippen LogP contribution >= 0.6 is 0 Å². The zero-order chi connectivity index (χ0) is 26.0. The first kappa shape index (κ1) is 24.2. The van der Waals surface area contributed by atoms with Gasteiger partial charge >= 0.3 is 0 Å². The number of pyridine rings is 2. The molecule has 0 bridgehead atoms. The summed E-state index contributed by atoms with van der Waals surface area (Å²) in [6.07, 6.45) is 11.4. The van der Waals surface area contributed by atoms with Crippen LogP contribution in [-0.2, 0) is 0 Å². The van der Waals surface area contributed by atoms with Crippen LogP contribution in [0.15, 0.2) is 61.1 Å². The summed E-state index contributed by atoms with van der Waals surface area (Å²) in [7, 11) is 0. The highest BCUT2D eigenvalue weighted by molar-refractivity contribution is 5.85. The third-order valence-electron chi connectivity index (χ3n) is 6.15. The molecule has 0 amide bonds. The average molecular weight is 494 g/mol. The fraction of sp³-hybridized carbons (Fsp3) is 0.276. The number of hydrogen-bond acceptors (Lipinski definition) is 7. The molecule has 1 aliphatic heterocycles. The summed E-state index contributed by atoms with van der Waals surface area (Å²) in [5.41, 5.74) is 2.59.